The zero-order valence-corrected chi connectivity index (χ0v) is 28.2. The highest BCUT2D eigenvalue weighted by atomic mass is 35.5. The van der Waals surface area contributed by atoms with E-state index in [1.165, 1.54) is 0 Å². The minimum atomic E-state index is 0.0697. The molecule has 8 nitrogen and oxygen atoms in total. The number of pyridine rings is 2. The highest BCUT2D eigenvalue weighted by molar-refractivity contribution is 6.30. The average Bonchev–Trinajstić information content (AvgIpc) is 3.33. The van der Waals surface area contributed by atoms with Crippen LogP contribution in [0.25, 0.3) is 10.9 Å². The lowest BCUT2D eigenvalue weighted by Gasteiger charge is -2.21. The summed E-state index contributed by atoms with van der Waals surface area (Å²) in [6.45, 7) is 5.39. The van der Waals surface area contributed by atoms with Gasteiger partial charge in [0.25, 0.3) is 0 Å². The Hall–Kier alpha value is -4.53. The number of aldehydes is 1. The number of methoxy groups -OCH3 is 1. The molecule has 2 aromatic carbocycles. The summed E-state index contributed by atoms with van der Waals surface area (Å²) in [5.74, 6) is 0.878. The van der Waals surface area contributed by atoms with Crippen LogP contribution < -0.4 is 10.1 Å². The Morgan fingerprint density at radius 2 is 1.57 bits per heavy atom. The van der Waals surface area contributed by atoms with Gasteiger partial charge in [0.15, 0.2) is 0 Å². The lowest BCUT2D eigenvalue weighted by Crippen LogP contribution is -2.26. The molecule has 0 saturated carbocycles. The van der Waals surface area contributed by atoms with Gasteiger partial charge in [-0.1, -0.05) is 48.7 Å². The molecular formula is C38H44ClN5O3. The first-order valence-corrected chi connectivity index (χ1v) is 16.4. The van der Waals surface area contributed by atoms with Crippen molar-refractivity contribution in [2.75, 3.05) is 20.2 Å². The number of fused-ring (bicyclic) bond motifs is 1. The van der Waals surface area contributed by atoms with Gasteiger partial charge in [-0.15, -0.1) is 0 Å². The first kappa shape index (κ1) is 35.3. The number of hydrogen-bond acceptors (Lipinski definition) is 6. The number of nitrogens with one attached hydrogen (secondary N) is 1. The van der Waals surface area contributed by atoms with Crippen LogP contribution in [0.1, 0.15) is 58.7 Å². The lowest BCUT2D eigenvalue weighted by molar-refractivity contribution is -0.120. The highest BCUT2D eigenvalue weighted by Gasteiger charge is 2.16. The molecule has 1 N–H and O–H groups in total. The van der Waals surface area contributed by atoms with Crippen molar-refractivity contribution in [1.82, 2.24) is 24.8 Å². The Bertz CT molecular complexity index is 1650. The molecule has 0 unspecified atom stereocenters. The minimum absolute atomic E-state index is 0.0697. The van der Waals surface area contributed by atoms with Crippen molar-refractivity contribution >= 4 is 34.7 Å². The first-order valence-electron chi connectivity index (χ1n) is 16.0. The number of carbonyl (C=O) groups is 2. The summed E-state index contributed by atoms with van der Waals surface area (Å²) in [5, 5.41) is 4.86. The quantitative estimate of drug-likeness (QED) is 0.0938. The zero-order chi connectivity index (χ0) is 33.4. The van der Waals surface area contributed by atoms with Gasteiger partial charge in [0.2, 0.25) is 5.91 Å². The molecule has 0 aliphatic heterocycles. The van der Waals surface area contributed by atoms with Crippen molar-refractivity contribution in [2.45, 2.75) is 52.1 Å². The van der Waals surface area contributed by atoms with Crippen molar-refractivity contribution in [2.24, 2.45) is 7.05 Å². The van der Waals surface area contributed by atoms with E-state index in [0.717, 1.165) is 90.9 Å². The number of hydrogen-bond donors (Lipinski definition) is 1. The van der Waals surface area contributed by atoms with Crippen molar-refractivity contribution < 1.29 is 14.3 Å². The Kier molecular flexibility index (Phi) is 14.0. The van der Waals surface area contributed by atoms with Crippen LogP contribution in [0.3, 0.4) is 0 Å². The fourth-order valence-electron chi connectivity index (χ4n) is 5.44. The molecule has 0 bridgehead atoms. The van der Waals surface area contributed by atoms with Gasteiger partial charge in [-0.05, 0) is 86.5 Å². The first-order chi connectivity index (χ1) is 22.9. The molecular weight excluding hydrogens is 610 g/mol. The minimum Gasteiger partial charge on any atom is -0.497 e. The van der Waals surface area contributed by atoms with E-state index >= 15 is 0 Å². The van der Waals surface area contributed by atoms with E-state index in [4.69, 9.17) is 16.3 Å². The molecule has 1 amide bonds. The fraction of sp³-hybridized carbons (Fsp3) is 0.316. The maximum atomic E-state index is 12.7. The van der Waals surface area contributed by atoms with E-state index in [-0.39, 0.29) is 5.91 Å². The summed E-state index contributed by atoms with van der Waals surface area (Å²) >= 11 is 5.55. The van der Waals surface area contributed by atoms with Gasteiger partial charge in [-0.2, -0.15) is 0 Å². The van der Waals surface area contributed by atoms with Crippen LogP contribution in [0.4, 0.5) is 0 Å². The number of nitrogens with zero attached hydrogens (tertiary/aromatic N) is 4. The van der Waals surface area contributed by atoms with Crippen LogP contribution in [-0.4, -0.2) is 51.8 Å². The molecule has 0 aliphatic rings. The normalized spacial score (nSPS) is 10.8. The molecule has 5 rings (SSSR count). The maximum Gasteiger partial charge on any atom is 0.224 e. The van der Waals surface area contributed by atoms with E-state index in [1.807, 2.05) is 55.8 Å². The molecule has 9 heteroatoms. The summed E-state index contributed by atoms with van der Waals surface area (Å²) in [5.41, 5.74) is 6.10. The maximum absolute atomic E-state index is 12.7. The van der Waals surface area contributed by atoms with Crippen molar-refractivity contribution in [3.8, 4) is 5.75 Å². The topological polar surface area (TPSA) is 89.3 Å². The molecule has 246 valence electrons. The molecule has 0 radical (unpaired) electrons. The van der Waals surface area contributed by atoms with Crippen LogP contribution in [0, 0.1) is 6.92 Å². The smallest absolute Gasteiger partial charge is 0.224 e. The van der Waals surface area contributed by atoms with Gasteiger partial charge in [0, 0.05) is 66.3 Å². The third kappa shape index (κ3) is 11.0. The SMILES string of the molecule is COc1ccc2c(c1)c(CC(=O)NCCCCCCN(Cc1ccccn1)Cc1ccccn1)c(C)n2C.O=Cc1ccc(Cl)cc1. The second kappa shape index (κ2) is 18.6. The van der Waals surface area contributed by atoms with Crippen LogP contribution in [0.15, 0.2) is 91.3 Å². The van der Waals surface area contributed by atoms with Gasteiger partial charge in [-0.25, -0.2) is 0 Å². The van der Waals surface area contributed by atoms with Crippen LogP contribution in [-0.2, 0) is 31.4 Å². The van der Waals surface area contributed by atoms with Crippen molar-refractivity contribution in [1.29, 1.82) is 0 Å². The number of amides is 1. The Labute approximate surface area is 282 Å². The van der Waals surface area contributed by atoms with Gasteiger partial charge >= 0.3 is 0 Å². The largest absolute Gasteiger partial charge is 0.497 e. The predicted molar refractivity (Wildman–Crippen MR) is 189 cm³/mol. The fourth-order valence-corrected chi connectivity index (χ4v) is 5.57. The third-order valence-corrected chi connectivity index (χ3v) is 8.37. The average molecular weight is 654 g/mol. The van der Waals surface area contributed by atoms with Crippen molar-refractivity contribution in [3.63, 3.8) is 0 Å². The van der Waals surface area contributed by atoms with Gasteiger partial charge < -0.3 is 14.6 Å². The highest BCUT2D eigenvalue weighted by Crippen LogP contribution is 2.29. The molecule has 0 spiro atoms. The second-order valence-electron chi connectivity index (χ2n) is 11.5. The van der Waals surface area contributed by atoms with E-state index in [0.29, 0.717) is 23.6 Å². The Morgan fingerprint density at radius 3 is 2.17 bits per heavy atom. The van der Waals surface area contributed by atoms with Crippen LogP contribution >= 0.6 is 11.6 Å². The zero-order valence-electron chi connectivity index (χ0n) is 27.5. The second-order valence-corrected chi connectivity index (χ2v) is 11.9. The molecule has 47 heavy (non-hydrogen) atoms. The summed E-state index contributed by atoms with van der Waals surface area (Å²) in [6.07, 6.45) is 9.16. The molecule has 3 heterocycles. The summed E-state index contributed by atoms with van der Waals surface area (Å²) < 4.78 is 7.54. The molecule has 0 aliphatic carbocycles. The summed E-state index contributed by atoms with van der Waals surface area (Å²) in [4.78, 5) is 34.2. The monoisotopic (exact) mass is 653 g/mol. The van der Waals surface area contributed by atoms with E-state index in [9.17, 15) is 9.59 Å². The predicted octanol–water partition coefficient (Wildman–Crippen LogP) is 7.36. The number of benzene rings is 2. The number of carbonyl (C=O) groups excluding carboxylic acids is 2. The number of halogens is 1. The third-order valence-electron chi connectivity index (χ3n) is 8.12. The molecule has 0 atom stereocenters. The van der Waals surface area contributed by atoms with Gasteiger partial charge in [0.05, 0.1) is 24.9 Å². The van der Waals surface area contributed by atoms with Gasteiger partial charge in [0.1, 0.15) is 12.0 Å². The molecule has 5 aromatic rings. The number of ether oxygens (including phenoxy) is 1. The van der Waals surface area contributed by atoms with Crippen molar-refractivity contribution in [3.05, 3.63) is 124 Å². The standard InChI is InChI=1S/C31H39N5O2.C7H5ClO/c1-24-28(29-20-27(38-3)14-15-30(29)35(24)2)21-31(37)34-18-8-4-5-11-19-36(22-25-12-6-9-16-32-25)23-26-13-7-10-17-33-26;8-7-3-1-6(5-9)2-4-7/h6-7,9-10,12-17,20H,4-5,8,11,18-19,21-23H2,1-3H3,(H,34,37);1-5H. The number of aryl methyl sites for hydroxylation is 1. The van der Waals surface area contributed by atoms with E-state index in [1.54, 1.807) is 31.4 Å². The summed E-state index contributed by atoms with van der Waals surface area (Å²) in [6, 6.07) is 24.9. The molecule has 0 fully saturated rings. The molecule has 0 saturated heterocycles. The Morgan fingerprint density at radius 1 is 0.915 bits per heavy atom. The molecule has 3 aromatic heterocycles. The number of rotatable bonds is 15. The number of unbranched alkanes of at least 4 members (excludes halogenated alkanes) is 3. The number of aromatic nitrogens is 3. The van der Waals surface area contributed by atoms with E-state index < -0.39 is 0 Å². The lowest BCUT2D eigenvalue weighted by atomic mass is 10.1. The van der Waals surface area contributed by atoms with Crippen LogP contribution in [0.5, 0.6) is 5.75 Å². The van der Waals surface area contributed by atoms with Crippen LogP contribution in [0.2, 0.25) is 5.02 Å². The van der Waals surface area contributed by atoms with Gasteiger partial charge in [-0.3, -0.25) is 24.5 Å². The summed E-state index contributed by atoms with van der Waals surface area (Å²) in [7, 11) is 3.71. The Balaban J connectivity index is 0.000000479. The van der Waals surface area contributed by atoms with E-state index in [2.05, 4.69) is 49.9 Å².